The average Bonchev–Trinajstić information content (AvgIpc) is 2.04. The number of hydrogen-bond acceptors (Lipinski definition) is 0. The molecule has 0 atom stereocenters. The molecule has 0 fully saturated rings. The number of alkyl halides is 3. The summed E-state index contributed by atoms with van der Waals surface area (Å²) in [6, 6.07) is 9.34. The van der Waals surface area contributed by atoms with Gasteiger partial charge in [0.2, 0.25) is 0 Å². The van der Waals surface area contributed by atoms with E-state index in [9.17, 15) is 13.2 Å². The first kappa shape index (κ1) is 10.9. The number of halogens is 3. The van der Waals surface area contributed by atoms with Gasteiger partial charge in [0.1, 0.15) is 0 Å². The molecule has 4 heteroatoms. The fraction of sp³-hybridized carbons (Fsp3) is 0.333. The van der Waals surface area contributed by atoms with Crippen LogP contribution in [0.15, 0.2) is 30.3 Å². The Morgan fingerprint density at radius 2 is 1.69 bits per heavy atom. The normalized spacial score (nSPS) is 11.6. The van der Waals surface area contributed by atoms with Crippen LogP contribution in [0.3, 0.4) is 0 Å². The Morgan fingerprint density at radius 3 is 2.23 bits per heavy atom. The summed E-state index contributed by atoms with van der Waals surface area (Å²) in [5, 5.41) is 0. The molecular weight excluding hydrogens is 293 g/mol. The van der Waals surface area contributed by atoms with E-state index in [0.717, 1.165) is 5.56 Å². The fourth-order valence-electron chi connectivity index (χ4n) is 0.859. The zero-order valence-electron chi connectivity index (χ0n) is 6.84. The molecule has 0 saturated carbocycles. The van der Waals surface area contributed by atoms with E-state index in [4.69, 9.17) is 0 Å². The summed E-state index contributed by atoms with van der Waals surface area (Å²) < 4.78 is 35.4. The van der Waals surface area contributed by atoms with E-state index >= 15 is 0 Å². The molecule has 71 valence electrons. The van der Waals surface area contributed by atoms with E-state index in [1.807, 2.05) is 30.3 Å². The van der Waals surface area contributed by atoms with Gasteiger partial charge in [-0.25, -0.2) is 0 Å². The van der Waals surface area contributed by atoms with E-state index in [-0.39, 0.29) is 0 Å². The van der Waals surface area contributed by atoms with Gasteiger partial charge in [0.15, 0.2) is 0 Å². The van der Waals surface area contributed by atoms with Gasteiger partial charge in [-0.1, -0.05) is 0 Å². The standard InChI is InChI=1S/C9H9F3Te/c10-9(11,12)7-13-6-8-4-2-1-3-5-8/h1-5H,6-7H2/q+1. The molecule has 1 radical (unpaired) electrons. The monoisotopic (exact) mass is 304 g/mol. The molecule has 13 heavy (non-hydrogen) atoms. The van der Waals surface area contributed by atoms with Crippen molar-refractivity contribution in [3.05, 3.63) is 35.9 Å². The van der Waals surface area contributed by atoms with Crippen LogP contribution in [0.25, 0.3) is 0 Å². The Labute approximate surface area is 85.2 Å². The van der Waals surface area contributed by atoms with Crippen LogP contribution in [0, 0.1) is 0 Å². The predicted octanol–water partition coefficient (Wildman–Crippen LogP) is 2.87. The van der Waals surface area contributed by atoms with E-state index < -0.39 is 31.6 Å². The van der Waals surface area contributed by atoms with Gasteiger partial charge in [0, 0.05) is 0 Å². The zero-order valence-corrected chi connectivity index (χ0v) is 9.17. The summed E-state index contributed by atoms with van der Waals surface area (Å²) in [5.74, 6) is 0. The van der Waals surface area contributed by atoms with Crippen molar-refractivity contribution in [2.45, 2.75) is 15.1 Å². The van der Waals surface area contributed by atoms with Crippen molar-refractivity contribution < 1.29 is 13.2 Å². The Morgan fingerprint density at radius 1 is 1.08 bits per heavy atom. The second-order valence-corrected chi connectivity index (χ2v) is 5.41. The second kappa shape index (κ2) is 4.88. The van der Waals surface area contributed by atoms with Crippen LogP contribution in [0.1, 0.15) is 5.56 Å². The van der Waals surface area contributed by atoms with Crippen LogP contribution < -0.4 is 0 Å². The molecular formula is C9H9F3Te+. The maximum atomic E-state index is 11.8. The van der Waals surface area contributed by atoms with E-state index in [2.05, 4.69) is 0 Å². The number of hydrogen-bond donors (Lipinski definition) is 0. The molecule has 0 aliphatic rings. The summed E-state index contributed by atoms with van der Waals surface area (Å²) >= 11 is -0.940. The molecule has 0 aromatic heterocycles. The van der Waals surface area contributed by atoms with E-state index in [1.165, 1.54) is 0 Å². The molecule has 0 spiro atoms. The Bertz CT molecular complexity index is 243. The average molecular weight is 302 g/mol. The van der Waals surface area contributed by atoms with Crippen molar-refractivity contribution in [3.63, 3.8) is 0 Å². The minimum absolute atomic E-state index is 0.563. The maximum absolute atomic E-state index is 11.8. The molecule has 0 amide bonds. The third kappa shape index (κ3) is 5.17. The van der Waals surface area contributed by atoms with Crippen LogP contribution in [0.2, 0.25) is 4.47 Å². The summed E-state index contributed by atoms with van der Waals surface area (Å²) in [6.45, 7) is 0. The first-order chi connectivity index (χ1) is 6.08. The van der Waals surface area contributed by atoms with E-state index in [0.29, 0.717) is 4.47 Å². The van der Waals surface area contributed by atoms with Gasteiger partial charge in [0.25, 0.3) is 0 Å². The van der Waals surface area contributed by atoms with Crippen molar-refractivity contribution >= 4 is 20.9 Å². The molecule has 0 aliphatic heterocycles. The fourth-order valence-corrected chi connectivity index (χ4v) is 3.03. The molecule has 0 saturated heterocycles. The van der Waals surface area contributed by atoms with Gasteiger partial charge in [-0.15, -0.1) is 0 Å². The molecule has 1 aromatic rings. The molecule has 0 heterocycles. The van der Waals surface area contributed by atoms with Gasteiger partial charge in [-0.2, -0.15) is 0 Å². The molecule has 1 rings (SSSR count). The first-order valence-electron chi connectivity index (χ1n) is 3.76. The van der Waals surface area contributed by atoms with Gasteiger partial charge in [-0.3, -0.25) is 0 Å². The first-order valence-corrected chi connectivity index (χ1v) is 7.06. The van der Waals surface area contributed by atoms with Crippen LogP contribution >= 0.6 is 0 Å². The van der Waals surface area contributed by atoms with Crippen LogP contribution in [0.5, 0.6) is 0 Å². The molecule has 1 aromatic carbocycles. The van der Waals surface area contributed by atoms with Crippen LogP contribution in [-0.4, -0.2) is 27.1 Å². The van der Waals surface area contributed by atoms with Crippen LogP contribution in [-0.2, 0) is 4.47 Å². The van der Waals surface area contributed by atoms with E-state index in [1.54, 1.807) is 0 Å². The summed E-state index contributed by atoms with van der Waals surface area (Å²) in [7, 11) is 0. The SMILES string of the molecule is FC(F)(F)C[Te+]Cc1ccccc1. The number of rotatable bonds is 3. The quantitative estimate of drug-likeness (QED) is 0.753. The summed E-state index contributed by atoms with van der Waals surface area (Å²) in [6.07, 6.45) is -3.96. The molecule has 0 aliphatic carbocycles. The Hall–Kier alpha value is -0.200. The minimum atomic E-state index is -3.96. The Kier molecular flexibility index (Phi) is 4.08. The van der Waals surface area contributed by atoms with Gasteiger partial charge < -0.3 is 0 Å². The van der Waals surface area contributed by atoms with Crippen molar-refractivity contribution in [3.8, 4) is 0 Å². The van der Waals surface area contributed by atoms with Crippen molar-refractivity contribution in [2.24, 2.45) is 0 Å². The molecule has 0 unspecified atom stereocenters. The van der Waals surface area contributed by atoms with Gasteiger partial charge in [-0.05, 0) is 0 Å². The third-order valence-electron chi connectivity index (χ3n) is 1.38. The molecule has 0 bridgehead atoms. The number of benzene rings is 1. The summed E-state index contributed by atoms with van der Waals surface area (Å²) in [4.78, 5) is 0. The van der Waals surface area contributed by atoms with Crippen LogP contribution in [0.4, 0.5) is 13.2 Å². The van der Waals surface area contributed by atoms with Gasteiger partial charge >= 0.3 is 85.1 Å². The van der Waals surface area contributed by atoms with Crippen molar-refractivity contribution in [1.82, 2.24) is 0 Å². The molecule has 0 nitrogen and oxygen atoms in total. The summed E-state index contributed by atoms with van der Waals surface area (Å²) in [5.41, 5.74) is 1.02. The predicted molar refractivity (Wildman–Crippen MR) is 46.8 cm³/mol. The third-order valence-corrected chi connectivity index (χ3v) is 4.43. The topological polar surface area (TPSA) is 0 Å². The van der Waals surface area contributed by atoms with Crippen molar-refractivity contribution in [1.29, 1.82) is 0 Å². The second-order valence-electron chi connectivity index (χ2n) is 2.59. The van der Waals surface area contributed by atoms with Crippen molar-refractivity contribution in [2.75, 3.05) is 0 Å². The Balaban J connectivity index is 2.29. The van der Waals surface area contributed by atoms with Gasteiger partial charge in [0.05, 0.1) is 0 Å². The zero-order chi connectivity index (χ0) is 9.73. The molecule has 0 N–H and O–H groups in total.